The molecule has 4 rings (SSSR count). The molecule has 1 amide bonds. The minimum absolute atomic E-state index is 0.158. The number of aliphatic hydroxyl groups excluding tert-OH is 2. The highest BCUT2D eigenvalue weighted by molar-refractivity contribution is 7.18. The lowest BCUT2D eigenvalue weighted by atomic mass is 10.1. The van der Waals surface area contributed by atoms with Gasteiger partial charge in [0, 0.05) is 38.3 Å². The Morgan fingerprint density at radius 2 is 2.13 bits per heavy atom. The van der Waals surface area contributed by atoms with Gasteiger partial charge in [-0.2, -0.15) is 0 Å². The van der Waals surface area contributed by atoms with Gasteiger partial charge in [0.1, 0.15) is 17.2 Å². The van der Waals surface area contributed by atoms with Crippen LogP contribution in [-0.4, -0.2) is 54.0 Å². The minimum atomic E-state index is -0.695. The number of hydrogen-bond acceptors (Lipinski definition) is 7. The summed E-state index contributed by atoms with van der Waals surface area (Å²) < 4.78 is 6.65. The van der Waals surface area contributed by atoms with Gasteiger partial charge in [-0.05, 0) is 35.9 Å². The van der Waals surface area contributed by atoms with Gasteiger partial charge in [0.25, 0.3) is 5.91 Å². The number of thiazole rings is 1. The smallest absolute Gasteiger partial charge is 0.251 e. The van der Waals surface area contributed by atoms with Crippen molar-refractivity contribution in [3.05, 3.63) is 58.6 Å². The van der Waals surface area contributed by atoms with Crippen LogP contribution in [0.25, 0.3) is 10.2 Å². The number of aliphatic hydroxyl groups is 2. The fourth-order valence-electron chi connectivity index (χ4n) is 3.51. The van der Waals surface area contributed by atoms with Gasteiger partial charge < -0.3 is 25.2 Å². The second kappa shape index (κ2) is 8.69. The summed E-state index contributed by atoms with van der Waals surface area (Å²) in [6, 6.07) is 13.5. The Labute approximate surface area is 178 Å². The Morgan fingerprint density at radius 3 is 2.87 bits per heavy atom. The van der Waals surface area contributed by atoms with Crippen LogP contribution in [0.15, 0.2) is 42.5 Å². The van der Waals surface area contributed by atoms with Crippen molar-refractivity contribution in [1.82, 2.24) is 10.3 Å². The van der Waals surface area contributed by atoms with E-state index in [1.54, 1.807) is 12.1 Å². The summed E-state index contributed by atoms with van der Waals surface area (Å²) >= 11 is 1.48. The highest BCUT2D eigenvalue weighted by Crippen LogP contribution is 2.37. The predicted molar refractivity (Wildman–Crippen MR) is 117 cm³/mol. The van der Waals surface area contributed by atoms with Crippen molar-refractivity contribution in [2.45, 2.75) is 31.3 Å². The number of ether oxygens (including phenoxy) is 1. The van der Waals surface area contributed by atoms with Crippen molar-refractivity contribution in [3.8, 4) is 0 Å². The molecule has 1 aliphatic rings. The SMILES string of the molecule is CN(C)c1cccc(CNC(=O)c2ccc3sc([C@H]4C[C@H](O)[C@@H](CO)O4)nc3c2)c1. The molecule has 3 atom stereocenters. The summed E-state index contributed by atoms with van der Waals surface area (Å²) in [7, 11) is 3.96. The number of carbonyl (C=O) groups excluding carboxylic acids is 1. The molecule has 7 nitrogen and oxygen atoms in total. The number of carbonyl (C=O) groups is 1. The van der Waals surface area contributed by atoms with Gasteiger partial charge in [-0.15, -0.1) is 11.3 Å². The molecule has 1 fully saturated rings. The van der Waals surface area contributed by atoms with Crippen LogP contribution in [-0.2, 0) is 11.3 Å². The number of anilines is 1. The van der Waals surface area contributed by atoms with Gasteiger partial charge in [0.05, 0.1) is 22.9 Å². The zero-order chi connectivity index (χ0) is 21.3. The average Bonchev–Trinajstić information content (AvgIpc) is 3.34. The number of benzene rings is 2. The first-order valence-electron chi connectivity index (χ1n) is 9.84. The van der Waals surface area contributed by atoms with E-state index in [2.05, 4.69) is 10.3 Å². The third-order valence-corrected chi connectivity index (χ3v) is 6.35. The molecule has 3 N–H and O–H groups in total. The molecule has 3 aromatic rings. The van der Waals surface area contributed by atoms with Gasteiger partial charge in [-0.3, -0.25) is 4.79 Å². The lowest BCUT2D eigenvalue weighted by Crippen LogP contribution is -2.24. The maximum atomic E-state index is 12.6. The van der Waals surface area contributed by atoms with Crippen LogP contribution in [0.5, 0.6) is 0 Å². The molecule has 1 aliphatic heterocycles. The van der Waals surface area contributed by atoms with Crippen LogP contribution in [0.2, 0.25) is 0 Å². The molecule has 30 heavy (non-hydrogen) atoms. The fourth-order valence-corrected chi connectivity index (χ4v) is 4.50. The summed E-state index contributed by atoms with van der Waals surface area (Å²) in [5.74, 6) is -0.158. The lowest BCUT2D eigenvalue weighted by molar-refractivity contribution is -0.0225. The van der Waals surface area contributed by atoms with Crippen LogP contribution < -0.4 is 10.2 Å². The standard InChI is InChI=1S/C22H25N3O4S/c1-25(2)15-5-3-4-13(8-15)11-23-21(28)14-6-7-20-16(9-14)24-22(30-20)18-10-17(27)19(12-26)29-18/h3-9,17-19,26-27H,10-12H2,1-2H3,(H,23,28)/t17-,18+,19+/m0/s1. The maximum Gasteiger partial charge on any atom is 0.251 e. The molecule has 0 spiro atoms. The summed E-state index contributed by atoms with van der Waals surface area (Å²) in [5.41, 5.74) is 3.38. The quantitative estimate of drug-likeness (QED) is 0.560. The third-order valence-electron chi connectivity index (χ3n) is 5.23. The predicted octanol–water partition coefficient (Wildman–Crippen LogP) is 2.48. The van der Waals surface area contributed by atoms with Crippen molar-refractivity contribution in [2.24, 2.45) is 0 Å². The molecule has 1 saturated heterocycles. The number of rotatable bonds is 6. The molecule has 0 unspecified atom stereocenters. The first kappa shape index (κ1) is 20.7. The molecule has 0 saturated carbocycles. The largest absolute Gasteiger partial charge is 0.394 e. The Kier molecular flexibility index (Phi) is 6.01. The first-order chi connectivity index (χ1) is 14.4. The number of nitrogens with zero attached hydrogens (tertiary/aromatic N) is 2. The number of amides is 1. The molecule has 1 aromatic heterocycles. The van der Waals surface area contributed by atoms with Gasteiger partial charge in [0.15, 0.2) is 0 Å². The summed E-state index contributed by atoms with van der Waals surface area (Å²) in [6.45, 7) is 0.224. The molecule has 0 radical (unpaired) electrons. The van der Waals surface area contributed by atoms with Gasteiger partial charge >= 0.3 is 0 Å². The Morgan fingerprint density at radius 1 is 1.30 bits per heavy atom. The summed E-state index contributed by atoms with van der Waals surface area (Å²) in [5, 5.41) is 22.9. The van der Waals surface area contributed by atoms with Gasteiger partial charge in [-0.1, -0.05) is 12.1 Å². The van der Waals surface area contributed by atoms with E-state index in [0.717, 1.165) is 26.5 Å². The van der Waals surface area contributed by atoms with E-state index in [0.29, 0.717) is 18.5 Å². The highest BCUT2D eigenvalue weighted by atomic mass is 32.1. The molecule has 2 aromatic carbocycles. The lowest BCUT2D eigenvalue weighted by Gasteiger charge is -2.14. The second-order valence-corrected chi connectivity index (χ2v) is 8.69. The zero-order valence-corrected chi connectivity index (χ0v) is 17.7. The van der Waals surface area contributed by atoms with E-state index in [1.165, 1.54) is 11.3 Å². The number of aromatic nitrogens is 1. The Balaban J connectivity index is 1.45. The second-order valence-electron chi connectivity index (χ2n) is 7.63. The molecule has 158 valence electrons. The fraction of sp³-hybridized carbons (Fsp3) is 0.364. The van der Waals surface area contributed by atoms with E-state index >= 15 is 0 Å². The average molecular weight is 428 g/mol. The zero-order valence-electron chi connectivity index (χ0n) is 16.9. The molecule has 2 heterocycles. The normalized spacial score (nSPS) is 21.1. The maximum absolute atomic E-state index is 12.6. The minimum Gasteiger partial charge on any atom is -0.394 e. The monoisotopic (exact) mass is 427 g/mol. The van der Waals surface area contributed by atoms with Gasteiger partial charge in [-0.25, -0.2) is 4.98 Å². The van der Waals surface area contributed by atoms with Crippen molar-refractivity contribution < 1.29 is 19.7 Å². The highest BCUT2D eigenvalue weighted by Gasteiger charge is 2.35. The molecular weight excluding hydrogens is 402 g/mol. The van der Waals surface area contributed by atoms with E-state index in [1.807, 2.05) is 49.3 Å². The van der Waals surface area contributed by atoms with Crippen LogP contribution in [0.4, 0.5) is 5.69 Å². The van der Waals surface area contributed by atoms with Crippen LogP contribution >= 0.6 is 11.3 Å². The van der Waals surface area contributed by atoms with E-state index in [9.17, 15) is 15.0 Å². The molecular formula is C22H25N3O4S. The molecule has 0 aliphatic carbocycles. The Hall–Kier alpha value is -2.52. The van der Waals surface area contributed by atoms with Crippen molar-refractivity contribution in [2.75, 3.05) is 25.6 Å². The summed E-state index contributed by atoms with van der Waals surface area (Å²) in [6.07, 6.45) is -1.20. The Bertz CT molecular complexity index is 1050. The molecule has 0 bridgehead atoms. The van der Waals surface area contributed by atoms with Crippen molar-refractivity contribution in [1.29, 1.82) is 0 Å². The van der Waals surface area contributed by atoms with E-state index in [-0.39, 0.29) is 18.6 Å². The van der Waals surface area contributed by atoms with Crippen LogP contribution in [0.1, 0.15) is 33.5 Å². The third kappa shape index (κ3) is 4.32. The first-order valence-corrected chi connectivity index (χ1v) is 10.7. The van der Waals surface area contributed by atoms with Crippen molar-refractivity contribution in [3.63, 3.8) is 0 Å². The number of hydrogen-bond donors (Lipinski definition) is 3. The van der Waals surface area contributed by atoms with E-state index in [4.69, 9.17) is 4.74 Å². The van der Waals surface area contributed by atoms with Crippen molar-refractivity contribution >= 4 is 33.1 Å². The molecule has 8 heteroatoms. The van der Waals surface area contributed by atoms with Crippen LogP contribution in [0, 0.1) is 0 Å². The number of fused-ring (bicyclic) bond motifs is 1. The van der Waals surface area contributed by atoms with Crippen LogP contribution in [0.3, 0.4) is 0 Å². The summed E-state index contributed by atoms with van der Waals surface area (Å²) in [4.78, 5) is 19.3. The van der Waals surface area contributed by atoms with E-state index < -0.39 is 12.2 Å². The number of nitrogens with one attached hydrogen (secondary N) is 1. The topological polar surface area (TPSA) is 94.9 Å². The van der Waals surface area contributed by atoms with Gasteiger partial charge in [0.2, 0.25) is 0 Å².